The minimum Gasteiger partial charge on any atom is -0.496 e. The second-order valence-electron chi connectivity index (χ2n) is 12.7. The molecule has 2 amide bonds. The van der Waals surface area contributed by atoms with Crippen LogP contribution >= 0.6 is 0 Å². The molecular formula is C35H45FN6O4. The smallest absolute Gasteiger partial charge is 0.251 e. The van der Waals surface area contributed by atoms with Crippen LogP contribution in [0.15, 0.2) is 54.7 Å². The van der Waals surface area contributed by atoms with Crippen molar-refractivity contribution in [2.24, 2.45) is 11.3 Å². The van der Waals surface area contributed by atoms with Gasteiger partial charge in [-0.3, -0.25) is 25.3 Å². The third-order valence-electron chi connectivity index (χ3n) is 9.49. The van der Waals surface area contributed by atoms with Crippen molar-refractivity contribution in [1.82, 2.24) is 20.5 Å². The zero-order valence-corrected chi connectivity index (χ0v) is 26.7. The molecule has 1 aromatic heterocycles. The van der Waals surface area contributed by atoms with Gasteiger partial charge in [0.05, 0.1) is 25.4 Å². The van der Waals surface area contributed by atoms with Gasteiger partial charge in [-0.2, -0.15) is 0 Å². The number of nitrogens with zero attached hydrogens (tertiary/aromatic N) is 2. The number of aliphatic hydroxyl groups is 1. The summed E-state index contributed by atoms with van der Waals surface area (Å²) < 4.78 is 20.5. The van der Waals surface area contributed by atoms with Gasteiger partial charge in [0, 0.05) is 54.1 Å². The number of halogens is 1. The van der Waals surface area contributed by atoms with Gasteiger partial charge in [-0.05, 0) is 92.6 Å². The summed E-state index contributed by atoms with van der Waals surface area (Å²) in [7, 11) is 1.49. The topological polar surface area (TPSA) is 142 Å². The van der Waals surface area contributed by atoms with Crippen LogP contribution in [0.25, 0.3) is 0 Å². The number of carbonyl (C=O) groups is 2. The number of methoxy groups -OCH3 is 1. The highest BCUT2D eigenvalue weighted by atomic mass is 19.1. The van der Waals surface area contributed by atoms with Crippen molar-refractivity contribution in [3.63, 3.8) is 0 Å². The van der Waals surface area contributed by atoms with Crippen LogP contribution in [0.5, 0.6) is 5.75 Å². The molecular weight excluding hydrogens is 587 g/mol. The Labute approximate surface area is 269 Å². The van der Waals surface area contributed by atoms with E-state index in [1.165, 1.54) is 13.2 Å². The van der Waals surface area contributed by atoms with E-state index >= 15 is 4.39 Å². The summed E-state index contributed by atoms with van der Waals surface area (Å²) in [5.74, 6) is 5.38. The molecule has 2 unspecified atom stereocenters. The molecule has 246 valence electrons. The molecule has 1 saturated heterocycles. The van der Waals surface area contributed by atoms with Crippen LogP contribution in [0.4, 0.5) is 10.1 Å². The second-order valence-corrected chi connectivity index (χ2v) is 12.7. The first-order valence-corrected chi connectivity index (χ1v) is 16.0. The second kappa shape index (κ2) is 15.0. The number of aryl methyl sites for hydroxylation is 1. The van der Waals surface area contributed by atoms with E-state index in [1.807, 2.05) is 30.0 Å². The molecule has 2 fully saturated rings. The number of anilines is 1. The van der Waals surface area contributed by atoms with Crippen molar-refractivity contribution >= 4 is 17.5 Å². The van der Waals surface area contributed by atoms with Crippen LogP contribution in [0.2, 0.25) is 0 Å². The molecule has 2 atom stereocenters. The number of rotatable bonds is 12. The summed E-state index contributed by atoms with van der Waals surface area (Å²) in [4.78, 5) is 33.3. The van der Waals surface area contributed by atoms with Crippen molar-refractivity contribution in [3.8, 4) is 5.75 Å². The van der Waals surface area contributed by atoms with Crippen LogP contribution < -0.4 is 26.6 Å². The fourth-order valence-electron chi connectivity index (χ4n) is 6.85. The van der Waals surface area contributed by atoms with Crippen molar-refractivity contribution in [3.05, 3.63) is 88.5 Å². The average molecular weight is 633 g/mol. The van der Waals surface area contributed by atoms with Crippen LogP contribution in [0.1, 0.15) is 71.3 Å². The number of piperidine rings is 1. The number of pyridine rings is 1. The molecule has 2 aliphatic rings. The molecule has 10 nitrogen and oxygen atoms in total. The summed E-state index contributed by atoms with van der Waals surface area (Å²) in [5.41, 5.74) is 6.84. The van der Waals surface area contributed by atoms with Gasteiger partial charge >= 0.3 is 0 Å². The lowest BCUT2D eigenvalue weighted by molar-refractivity contribution is -0.128. The van der Waals surface area contributed by atoms with E-state index in [4.69, 9.17) is 10.6 Å². The number of nitrogen functional groups attached to an aromatic ring is 1. The SMILES string of the molecule is COc1cccc(F)c1CN1CC(NC(=O)c2ccc(NN)c(Cc3ccnc(C)c3)c2)CCC1C(=O)NCC1(CO)CCCC1. The number of nitrogens with one attached hydrogen (secondary N) is 3. The minimum atomic E-state index is -0.528. The van der Waals surface area contributed by atoms with E-state index < -0.39 is 11.9 Å². The monoisotopic (exact) mass is 632 g/mol. The largest absolute Gasteiger partial charge is 0.496 e. The van der Waals surface area contributed by atoms with Gasteiger partial charge < -0.3 is 25.9 Å². The molecule has 1 saturated carbocycles. The number of carbonyl (C=O) groups excluding carboxylic acids is 2. The first kappa shape index (κ1) is 33.3. The fraction of sp³-hybridized carbons (Fsp3) is 0.457. The summed E-state index contributed by atoms with van der Waals surface area (Å²) in [5, 5.41) is 16.3. The number of hydrogen-bond acceptors (Lipinski definition) is 8. The lowest BCUT2D eigenvalue weighted by Gasteiger charge is -2.40. The van der Waals surface area contributed by atoms with Gasteiger partial charge in [-0.1, -0.05) is 18.9 Å². The minimum absolute atomic E-state index is 0.0361. The number of amides is 2. The van der Waals surface area contributed by atoms with Gasteiger partial charge in [0.25, 0.3) is 5.91 Å². The summed E-state index contributed by atoms with van der Waals surface area (Å²) in [6.07, 6.45) is 7.22. The Morgan fingerprint density at radius 2 is 1.96 bits per heavy atom. The van der Waals surface area contributed by atoms with Crippen molar-refractivity contribution in [2.75, 3.05) is 32.2 Å². The molecule has 0 radical (unpaired) electrons. The van der Waals surface area contributed by atoms with Crippen molar-refractivity contribution in [2.45, 2.75) is 70.5 Å². The fourth-order valence-corrected chi connectivity index (χ4v) is 6.85. The number of hydrogen-bond donors (Lipinski definition) is 5. The third-order valence-corrected chi connectivity index (χ3v) is 9.49. The lowest BCUT2D eigenvalue weighted by Crippen LogP contribution is -2.57. The Hall–Kier alpha value is -4.06. The number of aliphatic hydroxyl groups excluding tert-OH is 1. The number of ether oxygens (including phenoxy) is 1. The van der Waals surface area contributed by atoms with Crippen molar-refractivity contribution in [1.29, 1.82) is 0 Å². The number of benzene rings is 2. The molecule has 1 aliphatic carbocycles. The van der Waals surface area contributed by atoms with E-state index in [9.17, 15) is 14.7 Å². The summed E-state index contributed by atoms with van der Waals surface area (Å²) in [6, 6.07) is 13.2. The maximum absolute atomic E-state index is 15.1. The van der Waals surface area contributed by atoms with Gasteiger partial charge in [-0.25, -0.2) is 4.39 Å². The molecule has 6 N–H and O–H groups in total. The van der Waals surface area contributed by atoms with Gasteiger partial charge in [-0.15, -0.1) is 0 Å². The normalized spacial score (nSPS) is 19.4. The molecule has 2 heterocycles. The highest BCUT2D eigenvalue weighted by Gasteiger charge is 2.38. The first-order valence-electron chi connectivity index (χ1n) is 16.0. The van der Waals surface area contributed by atoms with E-state index in [0.717, 1.165) is 48.2 Å². The van der Waals surface area contributed by atoms with Gasteiger partial charge in [0.1, 0.15) is 11.6 Å². The molecule has 0 bridgehead atoms. The Morgan fingerprint density at radius 1 is 1.15 bits per heavy atom. The van der Waals surface area contributed by atoms with Gasteiger partial charge in [0.2, 0.25) is 5.91 Å². The molecule has 1 aliphatic heterocycles. The van der Waals surface area contributed by atoms with Gasteiger partial charge in [0.15, 0.2) is 0 Å². The van der Waals surface area contributed by atoms with E-state index in [-0.39, 0.29) is 36.4 Å². The maximum atomic E-state index is 15.1. The zero-order valence-electron chi connectivity index (χ0n) is 26.7. The lowest BCUT2D eigenvalue weighted by atomic mass is 9.87. The van der Waals surface area contributed by atoms with E-state index in [1.54, 1.807) is 30.5 Å². The van der Waals surface area contributed by atoms with Crippen molar-refractivity contribution < 1.29 is 23.8 Å². The molecule has 5 rings (SSSR count). The predicted octanol–water partition coefficient (Wildman–Crippen LogP) is 3.85. The number of hydrazine groups is 1. The summed E-state index contributed by atoms with van der Waals surface area (Å²) in [6.45, 7) is 2.86. The van der Waals surface area contributed by atoms with Crippen LogP contribution in [-0.2, 0) is 17.8 Å². The van der Waals surface area contributed by atoms with E-state index in [2.05, 4.69) is 21.0 Å². The third kappa shape index (κ3) is 7.83. The molecule has 0 spiro atoms. The molecule has 46 heavy (non-hydrogen) atoms. The van der Waals surface area contributed by atoms with Crippen LogP contribution in [0, 0.1) is 18.2 Å². The van der Waals surface area contributed by atoms with Crippen LogP contribution in [-0.4, -0.2) is 65.7 Å². The van der Waals surface area contributed by atoms with Crippen LogP contribution in [0.3, 0.4) is 0 Å². The average Bonchev–Trinajstić information content (AvgIpc) is 3.54. The zero-order chi connectivity index (χ0) is 32.7. The highest BCUT2D eigenvalue weighted by Crippen LogP contribution is 2.37. The Kier molecular flexibility index (Phi) is 10.9. The Morgan fingerprint density at radius 3 is 2.67 bits per heavy atom. The number of aromatic nitrogens is 1. The number of nitrogens with two attached hydrogens (primary N) is 1. The Bertz CT molecular complexity index is 1530. The van der Waals surface area contributed by atoms with E-state index in [0.29, 0.717) is 49.2 Å². The highest BCUT2D eigenvalue weighted by molar-refractivity contribution is 5.95. The molecule has 11 heteroatoms. The predicted molar refractivity (Wildman–Crippen MR) is 175 cm³/mol. The molecule has 3 aromatic rings. The standard InChI is InChI=1S/C35H45FN6O4/c1-23-16-24(12-15-38-23)17-26-18-25(8-10-30(26)41-37)33(44)40-27-9-11-31(34(45)39-21-35(22-43)13-3-4-14-35)42(19-27)20-28-29(36)6-5-7-32(28)46-2/h5-8,10,12,15-16,18,27,31,41,43H,3-4,9,11,13-14,17,19-22,37H2,1-2H3,(H,39,45)(H,40,44). The molecule has 2 aromatic carbocycles. The maximum Gasteiger partial charge on any atom is 0.251 e. The summed E-state index contributed by atoms with van der Waals surface area (Å²) >= 11 is 0. The quantitative estimate of drug-likeness (QED) is 0.150. The Balaban J connectivity index is 1.32. The first-order chi connectivity index (χ1) is 22.2. The number of likely N-dealkylation sites (tertiary alicyclic amines) is 1.